The summed E-state index contributed by atoms with van der Waals surface area (Å²) in [7, 11) is 5.70. The summed E-state index contributed by atoms with van der Waals surface area (Å²) in [5, 5.41) is 20.4. The van der Waals surface area contributed by atoms with Crippen molar-refractivity contribution >= 4 is 53.2 Å². The van der Waals surface area contributed by atoms with E-state index >= 15 is 0 Å². The molecule has 4 N–H and O–H groups in total. The van der Waals surface area contributed by atoms with Gasteiger partial charge in [-0.1, -0.05) is 94.7 Å². The van der Waals surface area contributed by atoms with Crippen molar-refractivity contribution in [3.63, 3.8) is 0 Å². The van der Waals surface area contributed by atoms with E-state index in [0.717, 1.165) is 23.3 Å². The van der Waals surface area contributed by atoms with E-state index in [9.17, 15) is 48.3 Å². The molecule has 3 heterocycles. The van der Waals surface area contributed by atoms with Gasteiger partial charge in [0, 0.05) is 40.7 Å². The zero-order chi connectivity index (χ0) is 57.1. The largest absolute Gasteiger partial charge is 0.450 e. The summed E-state index contributed by atoms with van der Waals surface area (Å²) in [5.41, 5.74) is -0.843. The van der Waals surface area contributed by atoms with Crippen molar-refractivity contribution in [1.29, 1.82) is 0 Å². The topological polar surface area (TPSA) is 235 Å². The first-order chi connectivity index (χ1) is 34.8. The van der Waals surface area contributed by atoms with Crippen LogP contribution in [0.15, 0.2) is 12.2 Å². The molecule has 3 aliphatic heterocycles. The number of allylic oxidation sites excluding steroid dienone is 1. The molecule has 75 heavy (non-hydrogen) atoms. The number of nitrogens with one attached hydrogen (secondary N) is 3. The van der Waals surface area contributed by atoms with Crippen molar-refractivity contribution in [2.24, 2.45) is 41.4 Å². The number of rotatable bonds is 13. The van der Waals surface area contributed by atoms with E-state index in [1.165, 1.54) is 61.6 Å². The maximum Gasteiger partial charge on any atom is 0.332 e. The summed E-state index contributed by atoms with van der Waals surface area (Å²) in [6.45, 7) is 27.2. The number of likely N-dealkylation sites (N-methyl/N-ethyl adjacent to an activating group) is 4. The molecular weight excluding hydrogens is 961 g/mol. The molecule has 14 atom stereocenters. The first kappa shape index (κ1) is 64.2. The molecule has 4 unspecified atom stereocenters. The quantitative estimate of drug-likeness (QED) is 0.150. The monoisotopic (exact) mass is 1060 g/mol. The van der Waals surface area contributed by atoms with Crippen LogP contribution in [-0.4, -0.2) is 178 Å². The Morgan fingerprint density at radius 2 is 1.36 bits per heavy atom. The molecule has 426 valence electrons. The Morgan fingerprint density at radius 3 is 1.92 bits per heavy atom. The molecule has 0 aromatic heterocycles. The van der Waals surface area contributed by atoms with Crippen LogP contribution >= 0.6 is 0 Å². The Labute approximate surface area is 448 Å². The molecule has 2 bridgehead atoms. The van der Waals surface area contributed by atoms with Gasteiger partial charge in [0.15, 0.2) is 12.1 Å². The number of carbonyl (C=O) groups is 9. The minimum absolute atomic E-state index is 0.0937. The molecule has 0 aliphatic carbocycles. The average molecular weight is 1060 g/mol. The molecule has 0 aromatic carbocycles. The van der Waals surface area contributed by atoms with Crippen LogP contribution in [-0.2, 0) is 47.9 Å². The Hall–Kier alpha value is -5.07. The SMILES string of the molecule is C=C(CC)C[C@H](C)C[C@H](C)C[C@@H]1NC(=O)[C@H](C(C)C)N(C)C(=O)C([C@H](C)CC)OC(=O)[C@H](C(C)(C)O)N(C)C(=O)C2CC(C)CC(C)[C@@H](C(=O)N2)N(C)C(=O)[C@H]([C@H](C)CC)NC(=O)[C@@H]2CCCN2C(=O)CN(C)C1=O. The van der Waals surface area contributed by atoms with Crippen LogP contribution < -0.4 is 16.0 Å². The Kier molecular flexibility index (Phi) is 23.8. The second-order valence-electron chi connectivity index (χ2n) is 23.8. The van der Waals surface area contributed by atoms with Crippen LogP contribution in [0.2, 0.25) is 0 Å². The molecule has 0 radical (unpaired) electrons. The highest BCUT2D eigenvalue weighted by Gasteiger charge is 2.48. The van der Waals surface area contributed by atoms with Crippen molar-refractivity contribution in [2.45, 2.75) is 208 Å². The average Bonchev–Trinajstić information content (AvgIpc) is 3.82. The minimum Gasteiger partial charge on any atom is -0.450 e. The smallest absolute Gasteiger partial charge is 0.332 e. The van der Waals surface area contributed by atoms with E-state index in [1.807, 2.05) is 41.5 Å². The lowest BCUT2D eigenvalue weighted by Gasteiger charge is -2.41. The van der Waals surface area contributed by atoms with Crippen LogP contribution in [0.25, 0.3) is 0 Å². The number of aliphatic hydroxyl groups is 1. The summed E-state index contributed by atoms with van der Waals surface area (Å²) < 4.78 is 6.07. The second kappa shape index (κ2) is 27.8. The summed E-state index contributed by atoms with van der Waals surface area (Å²) >= 11 is 0. The molecule has 8 amide bonds. The van der Waals surface area contributed by atoms with Gasteiger partial charge in [0.05, 0.1) is 12.1 Å². The van der Waals surface area contributed by atoms with E-state index < -0.39 is 137 Å². The molecule has 3 rings (SSSR count). The molecule has 19 nitrogen and oxygen atoms in total. The van der Waals surface area contributed by atoms with Crippen molar-refractivity contribution in [2.75, 3.05) is 41.3 Å². The Morgan fingerprint density at radius 1 is 0.747 bits per heavy atom. The molecule has 3 aliphatic rings. The first-order valence-corrected chi connectivity index (χ1v) is 27.7. The number of hydrogen-bond acceptors (Lipinski definition) is 11. The number of cyclic esters (lactones) is 1. The van der Waals surface area contributed by atoms with Crippen molar-refractivity contribution in [3.05, 3.63) is 12.2 Å². The van der Waals surface area contributed by atoms with Crippen LogP contribution in [0.4, 0.5) is 0 Å². The van der Waals surface area contributed by atoms with Gasteiger partial charge in [-0.05, 0) is 107 Å². The Balaban J connectivity index is 2.26. The lowest BCUT2D eigenvalue weighted by Crippen LogP contribution is -2.64. The van der Waals surface area contributed by atoms with Crippen LogP contribution in [0.5, 0.6) is 0 Å². The van der Waals surface area contributed by atoms with E-state index in [-0.39, 0.29) is 37.1 Å². The first-order valence-electron chi connectivity index (χ1n) is 27.7. The zero-order valence-corrected chi connectivity index (χ0v) is 48.6. The summed E-state index contributed by atoms with van der Waals surface area (Å²) in [6, 6.07) is -8.38. The maximum atomic E-state index is 14.8. The fourth-order valence-corrected chi connectivity index (χ4v) is 11.6. The third-order valence-corrected chi connectivity index (χ3v) is 16.1. The van der Waals surface area contributed by atoms with Crippen molar-refractivity contribution in [1.82, 2.24) is 40.4 Å². The standard InChI is InChI=1S/C56H96N8O11/c1-19-32(6)25-33(7)26-34(8)28-39-51(69)60(15)30-42(65)64-24-22-23-41(64)48(66)59-43(36(10)20-2)53(71)62(17)45-38(12)27-35(9)29-40(58-50(45)68)52(70)63(18)47(56(13,14)74)55(73)75-46(37(11)21-3)54(72)61(16)44(31(4)5)49(67)57-39/h31,33-41,43-47,74H,6,19-30H2,1-5,7-18H3,(H,57,67)(H,58,68)(H,59,66)/t33-,34-,35?,36+,37+,38?,39-,40?,41-,43-,44-,45-,46?,47+/m0/s1. The molecular formula is C56H96N8O11. The predicted molar refractivity (Wildman–Crippen MR) is 287 cm³/mol. The van der Waals surface area contributed by atoms with Gasteiger partial charge in [-0.3, -0.25) is 38.4 Å². The number of ether oxygens (including phenoxy) is 1. The highest BCUT2D eigenvalue weighted by molar-refractivity contribution is 5.98. The number of fused-ring (bicyclic) bond motifs is 4. The number of hydrogen-bond donors (Lipinski definition) is 4. The van der Waals surface area contributed by atoms with Gasteiger partial charge in [-0.15, -0.1) is 0 Å². The molecule has 19 heteroatoms. The third-order valence-electron chi connectivity index (χ3n) is 16.1. The van der Waals surface area contributed by atoms with Gasteiger partial charge in [-0.2, -0.15) is 0 Å². The lowest BCUT2D eigenvalue weighted by molar-refractivity contribution is -0.177. The van der Waals surface area contributed by atoms with Crippen LogP contribution in [0, 0.1) is 41.4 Å². The van der Waals surface area contributed by atoms with E-state index in [4.69, 9.17) is 4.74 Å². The minimum atomic E-state index is -1.94. The fraction of sp³-hybridized carbons (Fsp3) is 0.804. The highest BCUT2D eigenvalue weighted by Crippen LogP contribution is 2.30. The van der Waals surface area contributed by atoms with Gasteiger partial charge in [0.2, 0.25) is 41.4 Å². The Bertz CT molecular complexity index is 2060. The van der Waals surface area contributed by atoms with E-state index in [1.54, 1.807) is 27.7 Å². The summed E-state index contributed by atoms with van der Waals surface area (Å²) in [5.74, 6) is -7.97. The third kappa shape index (κ3) is 16.5. The summed E-state index contributed by atoms with van der Waals surface area (Å²) in [6.07, 6.45) is 3.24. The molecule has 0 aromatic rings. The number of amides is 8. The van der Waals surface area contributed by atoms with Crippen molar-refractivity contribution < 1.29 is 53.0 Å². The van der Waals surface area contributed by atoms with E-state index in [0.29, 0.717) is 38.5 Å². The van der Waals surface area contributed by atoms with Gasteiger partial charge < -0.3 is 50.3 Å². The van der Waals surface area contributed by atoms with Gasteiger partial charge in [0.25, 0.3) is 5.91 Å². The molecule has 0 spiro atoms. The van der Waals surface area contributed by atoms with E-state index in [2.05, 4.69) is 29.5 Å². The maximum absolute atomic E-state index is 14.8. The number of esters is 1. The van der Waals surface area contributed by atoms with Crippen molar-refractivity contribution in [3.8, 4) is 0 Å². The molecule has 3 saturated heterocycles. The number of carbonyl (C=O) groups excluding carboxylic acids is 9. The highest BCUT2D eigenvalue weighted by atomic mass is 16.6. The lowest BCUT2D eigenvalue weighted by atomic mass is 9.83. The van der Waals surface area contributed by atoms with Crippen LogP contribution in [0.1, 0.15) is 154 Å². The molecule has 3 fully saturated rings. The number of nitrogens with zero attached hydrogens (tertiary/aromatic N) is 5. The predicted octanol–water partition coefficient (Wildman–Crippen LogP) is 4.29. The van der Waals surface area contributed by atoms with Gasteiger partial charge in [0.1, 0.15) is 36.3 Å². The fourth-order valence-electron chi connectivity index (χ4n) is 11.6. The normalized spacial score (nSPS) is 30.0. The van der Waals surface area contributed by atoms with Gasteiger partial charge in [-0.25, -0.2) is 4.79 Å². The summed E-state index contributed by atoms with van der Waals surface area (Å²) in [4.78, 5) is 137. The van der Waals surface area contributed by atoms with Gasteiger partial charge >= 0.3 is 5.97 Å². The second-order valence-corrected chi connectivity index (χ2v) is 23.8. The zero-order valence-electron chi connectivity index (χ0n) is 48.6. The molecule has 0 saturated carbocycles. The van der Waals surface area contributed by atoms with Crippen LogP contribution in [0.3, 0.4) is 0 Å².